The van der Waals surface area contributed by atoms with E-state index in [9.17, 15) is 10.1 Å². The number of hydrogen-bond acceptors (Lipinski definition) is 6. The van der Waals surface area contributed by atoms with Gasteiger partial charge in [0.25, 0.3) is 5.69 Å². The van der Waals surface area contributed by atoms with E-state index in [1.165, 1.54) is 12.1 Å². The highest BCUT2D eigenvalue weighted by atomic mass is 16.6. The molecule has 0 radical (unpaired) electrons. The van der Waals surface area contributed by atoms with Crippen LogP contribution in [-0.4, -0.2) is 9.91 Å². The van der Waals surface area contributed by atoms with Crippen molar-refractivity contribution in [3.8, 4) is 0 Å². The van der Waals surface area contributed by atoms with E-state index >= 15 is 0 Å². The number of nitrogens with one attached hydrogen (secondary N) is 1. The van der Waals surface area contributed by atoms with E-state index in [-0.39, 0.29) is 5.69 Å². The molecular formula is C18H14N4O3. The number of pyridine rings is 1. The predicted octanol–water partition coefficient (Wildman–Crippen LogP) is 4.08. The minimum atomic E-state index is -0.422. The van der Waals surface area contributed by atoms with Crippen LogP contribution >= 0.6 is 0 Å². The van der Waals surface area contributed by atoms with Gasteiger partial charge < -0.3 is 15.5 Å². The molecule has 0 aliphatic rings. The molecule has 4 rings (SSSR count). The molecule has 2 aromatic carbocycles. The first-order valence-electron chi connectivity index (χ1n) is 7.66. The first-order chi connectivity index (χ1) is 12.1. The SMILES string of the molecule is Nc1cccc(CNc2ccnc3oc4ccc([N+](=O)[O-])cc4c23)c1. The van der Waals surface area contributed by atoms with Crippen LogP contribution in [0, 0.1) is 10.1 Å². The Hall–Kier alpha value is -3.61. The van der Waals surface area contributed by atoms with Crippen molar-refractivity contribution < 1.29 is 9.34 Å². The Morgan fingerprint density at radius 1 is 1.20 bits per heavy atom. The summed E-state index contributed by atoms with van der Waals surface area (Å²) in [5, 5.41) is 15.8. The van der Waals surface area contributed by atoms with E-state index in [4.69, 9.17) is 10.2 Å². The number of anilines is 2. The average Bonchev–Trinajstić information content (AvgIpc) is 2.98. The van der Waals surface area contributed by atoms with Crippen LogP contribution in [-0.2, 0) is 6.54 Å². The van der Waals surface area contributed by atoms with E-state index in [1.807, 2.05) is 30.3 Å². The third-order valence-corrected chi connectivity index (χ3v) is 4.00. The monoisotopic (exact) mass is 334 g/mol. The van der Waals surface area contributed by atoms with Crippen molar-refractivity contribution in [2.75, 3.05) is 11.1 Å². The van der Waals surface area contributed by atoms with Gasteiger partial charge in [0.15, 0.2) is 0 Å². The number of nitrogens with two attached hydrogens (primary N) is 1. The van der Waals surface area contributed by atoms with Gasteiger partial charge in [-0.15, -0.1) is 0 Å². The average molecular weight is 334 g/mol. The van der Waals surface area contributed by atoms with Gasteiger partial charge in [-0.05, 0) is 29.8 Å². The summed E-state index contributed by atoms with van der Waals surface area (Å²) in [6.07, 6.45) is 1.64. The van der Waals surface area contributed by atoms with Crippen molar-refractivity contribution in [2.45, 2.75) is 6.54 Å². The van der Waals surface area contributed by atoms with Crippen molar-refractivity contribution in [1.29, 1.82) is 0 Å². The molecule has 0 fully saturated rings. The largest absolute Gasteiger partial charge is 0.438 e. The number of non-ortho nitro benzene ring substituents is 1. The maximum atomic E-state index is 11.1. The lowest BCUT2D eigenvalue weighted by Gasteiger charge is -2.08. The molecule has 0 saturated heterocycles. The Bertz CT molecular complexity index is 1100. The number of aromatic nitrogens is 1. The van der Waals surface area contributed by atoms with Crippen LogP contribution in [0.2, 0.25) is 0 Å². The number of benzene rings is 2. The summed E-state index contributed by atoms with van der Waals surface area (Å²) in [5.41, 5.74) is 9.35. The fourth-order valence-corrected chi connectivity index (χ4v) is 2.85. The maximum Gasteiger partial charge on any atom is 0.270 e. The first kappa shape index (κ1) is 14.9. The normalized spacial score (nSPS) is 11.0. The molecule has 124 valence electrons. The lowest BCUT2D eigenvalue weighted by atomic mass is 10.1. The van der Waals surface area contributed by atoms with Gasteiger partial charge in [-0.3, -0.25) is 10.1 Å². The molecule has 0 unspecified atom stereocenters. The molecule has 0 aliphatic heterocycles. The Kier molecular flexibility index (Phi) is 3.46. The minimum absolute atomic E-state index is 0.0147. The van der Waals surface area contributed by atoms with Crippen molar-refractivity contribution >= 4 is 39.1 Å². The number of nitro groups is 1. The second-order valence-electron chi connectivity index (χ2n) is 5.68. The quantitative estimate of drug-likeness (QED) is 0.331. The van der Waals surface area contributed by atoms with Gasteiger partial charge >= 0.3 is 0 Å². The molecule has 0 atom stereocenters. The van der Waals surface area contributed by atoms with Crippen molar-refractivity contribution in [2.24, 2.45) is 0 Å². The number of nitrogen functional groups attached to an aromatic ring is 1. The van der Waals surface area contributed by atoms with Gasteiger partial charge in [0, 0.05) is 41.6 Å². The highest BCUT2D eigenvalue weighted by Gasteiger charge is 2.15. The summed E-state index contributed by atoms with van der Waals surface area (Å²) in [7, 11) is 0. The van der Waals surface area contributed by atoms with Crippen LogP contribution in [0.25, 0.3) is 22.1 Å². The Morgan fingerprint density at radius 3 is 2.88 bits per heavy atom. The molecule has 7 nitrogen and oxygen atoms in total. The molecule has 2 heterocycles. The Morgan fingerprint density at radius 2 is 2.08 bits per heavy atom. The predicted molar refractivity (Wildman–Crippen MR) is 96.4 cm³/mol. The number of rotatable bonds is 4. The highest BCUT2D eigenvalue weighted by Crippen LogP contribution is 2.35. The van der Waals surface area contributed by atoms with Crippen molar-refractivity contribution in [3.63, 3.8) is 0 Å². The standard InChI is InChI=1S/C18H14N4O3/c19-12-3-1-2-11(8-12)10-21-15-6-7-20-18-17(15)14-9-13(22(23)24)4-5-16(14)25-18/h1-9H,10,19H2,(H,20,21). The van der Waals surface area contributed by atoms with Crippen LogP contribution in [0.4, 0.5) is 17.1 Å². The van der Waals surface area contributed by atoms with Crippen LogP contribution in [0.15, 0.2) is 59.1 Å². The first-order valence-corrected chi connectivity index (χ1v) is 7.66. The number of hydrogen-bond donors (Lipinski definition) is 2. The summed E-state index contributed by atoms with van der Waals surface area (Å²) >= 11 is 0. The summed E-state index contributed by atoms with van der Waals surface area (Å²) < 4.78 is 5.71. The van der Waals surface area contributed by atoms with Gasteiger partial charge in [-0.25, -0.2) is 4.98 Å². The molecule has 2 aromatic heterocycles. The van der Waals surface area contributed by atoms with Gasteiger partial charge in [-0.2, -0.15) is 0 Å². The molecule has 0 aliphatic carbocycles. The number of nitro benzene ring substituents is 1. The molecular weight excluding hydrogens is 320 g/mol. The highest BCUT2D eigenvalue weighted by molar-refractivity contribution is 6.10. The summed E-state index contributed by atoms with van der Waals surface area (Å²) in [6, 6.07) is 13.9. The molecule has 4 aromatic rings. The second kappa shape index (κ2) is 5.79. The molecule has 25 heavy (non-hydrogen) atoms. The van der Waals surface area contributed by atoms with Gasteiger partial charge in [0.2, 0.25) is 5.71 Å². The zero-order valence-electron chi connectivity index (χ0n) is 13.1. The molecule has 3 N–H and O–H groups in total. The van der Waals surface area contributed by atoms with Crippen molar-refractivity contribution in [3.05, 3.63) is 70.4 Å². The Balaban J connectivity index is 1.79. The number of fused-ring (bicyclic) bond motifs is 3. The summed E-state index contributed by atoms with van der Waals surface area (Å²) in [5.74, 6) is 0. The fourth-order valence-electron chi connectivity index (χ4n) is 2.85. The second-order valence-corrected chi connectivity index (χ2v) is 5.68. The molecule has 7 heteroatoms. The van der Waals surface area contributed by atoms with E-state index < -0.39 is 4.92 Å². The molecule has 0 bridgehead atoms. The van der Waals surface area contributed by atoms with Crippen molar-refractivity contribution in [1.82, 2.24) is 4.98 Å². The van der Waals surface area contributed by atoms with Crippen LogP contribution < -0.4 is 11.1 Å². The summed E-state index contributed by atoms with van der Waals surface area (Å²) in [4.78, 5) is 14.9. The lowest BCUT2D eigenvalue weighted by molar-refractivity contribution is -0.384. The molecule has 0 saturated carbocycles. The zero-order chi connectivity index (χ0) is 17.4. The summed E-state index contributed by atoms with van der Waals surface area (Å²) in [6.45, 7) is 0.561. The van der Waals surface area contributed by atoms with Crippen LogP contribution in [0.3, 0.4) is 0 Å². The smallest absolute Gasteiger partial charge is 0.270 e. The van der Waals surface area contributed by atoms with Gasteiger partial charge in [-0.1, -0.05) is 12.1 Å². The zero-order valence-corrected chi connectivity index (χ0v) is 13.1. The third-order valence-electron chi connectivity index (χ3n) is 4.00. The topological polar surface area (TPSA) is 107 Å². The maximum absolute atomic E-state index is 11.1. The molecule has 0 amide bonds. The van der Waals surface area contributed by atoms with E-state index in [2.05, 4.69) is 10.3 Å². The van der Waals surface area contributed by atoms with E-state index in [0.717, 1.165) is 16.6 Å². The Labute approximate surface area is 142 Å². The fraction of sp³-hybridized carbons (Fsp3) is 0.0556. The molecule has 0 spiro atoms. The van der Waals surface area contributed by atoms with Gasteiger partial charge in [0.05, 0.1) is 10.3 Å². The van der Waals surface area contributed by atoms with E-state index in [1.54, 1.807) is 12.3 Å². The lowest BCUT2D eigenvalue weighted by Crippen LogP contribution is -2.00. The van der Waals surface area contributed by atoms with Gasteiger partial charge in [0.1, 0.15) is 5.58 Å². The van der Waals surface area contributed by atoms with E-state index in [0.29, 0.717) is 28.9 Å². The number of nitrogens with zero attached hydrogens (tertiary/aromatic N) is 2. The van der Waals surface area contributed by atoms with Crippen LogP contribution in [0.1, 0.15) is 5.56 Å². The third kappa shape index (κ3) is 2.72. The van der Waals surface area contributed by atoms with Crippen LogP contribution in [0.5, 0.6) is 0 Å². The minimum Gasteiger partial charge on any atom is -0.438 e. The number of furan rings is 1.